The molecule has 0 spiro atoms. The van der Waals surface area contributed by atoms with E-state index >= 15 is 0 Å². The fourth-order valence-electron chi connectivity index (χ4n) is 3.42. The highest BCUT2D eigenvalue weighted by molar-refractivity contribution is 5.83. The van der Waals surface area contributed by atoms with Crippen LogP contribution in [0.2, 0.25) is 0 Å². The van der Waals surface area contributed by atoms with Crippen LogP contribution in [0.1, 0.15) is 46.0 Å². The Morgan fingerprint density at radius 2 is 1.85 bits per heavy atom. The van der Waals surface area contributed by atoms with E-state index in [1.165, 1.54) is 32.1 Å². The van der Waals surface area contributed by atoms with Gasteiger partial charge < -0.3 is 0 Å². The van der Waals surface area contributed by atoms with Crippen LogP contribution in [0.4, 0.5) is 0 Å². The third-order valence-corrected chi connectivity index (χ3v) is 4.20. The predicted octanol–water partition coefficient (Wildman–Crippen LogP) is 3.04. The zero-order valence-electron chi connectivity index (χ0n) is 8.75. The second kappa shape index (κ2) is 3.43. The number of Topliss-reactive ketones (excluding diaryl/α,β-unsaturated/α-hetero) is 1. The normalized spacial score (nSPS) is 45.8. The predicted molar refractivity (Wildman–Crippen MR) is 53.4 cm³/mol. The third kappa shape index (κ3) is 1.53. The molecule has 0 aliphatic heterocycles. The van der Waals surface area contributed by atoms with Crippen molar-refractivity contribution in [2.45, 2.75) is 46.0 Å². The van der Waals surface area contributed by atoms with Crippen molar-refractivity contribution < 1.29 is 4.79 Å². The van der Waals surface area contributed by atoms with E-state index in [2.05, 4.69) is 13.8 Å². The summed E-state index contributed by atoms with van der Waals surface area (Å²) in [6.45, 7) is 4.27. The molecule has 13 heavy (non-hydrogen) atoms. The molecular weight excluding hydrogens is 160 g/mol. The average Bonchev–Trinajstić information content (AvgIpc) is 2.15. The zero-order valence-corrected chi connectivity index (χ0v) is 8.75. The Bertz CT molecular complexity index is 209. The van der Waals surface area contributed by atoms with Crippen molar-refractivity contribution in [3.63, 3.8) is 0 Å². The van der Waals surface area contributed by atoms with Crippen molar-refractivity contribution >= 4 is 5.78 Å². The van der Waals surface area contributed by atoms with Crippen LogP contribution in [0.25, 0.3) is 0 Å². The first-order valence-corrected chi connectivity index (χ1v) is 5.74. The molecule has 74 valence electrons. The van der Waals surface area contributed by atoms with Crippen molar-refractivity contribution in [3.8, 4) is 0 Å². The molecule has 0 saturated heterocycles. The molecule has 0 aromatic heterocycles. The van der Waals surface area contributed by atoms with E-state index in [9.17, 15) is 4.79 Å². The van der Waals surface area contributed by atoms with Crippen molar-refractivity contribution in [1.82, 2.24) is 0 Å². The maximum Gasteiger partial charge on any atom is 0.138 e. The molecule has 0 heterocycles. The molecule has 4 atom stereocenters. The van der Waals surface area contributed by atoms with Gasteiger partial charge in [-0.1, -0.05) is 33.1 Å². The fraction of sp³-hybridized carbons (Fsp3) is 0.917. The summed E-state index contributed by atoms with van der Waals surface area (Å²) >= 11 is 0. The van der Waals surface area contributed by atoms with Gasteiger partial charge in [0.2, 0.25) is 0 Å². The lowest BCUT2D eigenvalue weighted by atomic mass is 9.63. The van der Waals surface area contributed by atoms with Crippen LogP contribution in [0, 0.1) is 23.7 Å². The number of ketones is 1. The Labute approximate surface area is 80.9 Å². The molecule has 1 heteroatoms. The van der Waals surface area contributed by atoms with Gasteiger partial charge in [0, 0.05) is 11.8 Å². The van der Waals surface area contributed by atoms with Gasteiger partial charge in [-0.25, -0.2) is 0 Å². The first-order chi connectivity index (χ1) is 6.20. The number of carbonyl (C=O) groups is 1. The lowest BCUT2D eigenvalue weighted by Crippen LogP contribution is -2.39. The van der Waals surface area contributed by atoms with Gasteiger partial charge in [0.05, 0.1) is 0 Å². The summed E-state index contributed by atoms with van der Waals surface area (Å²) in [5, 5.41) is 0. The Morgan fingerprint density at radius 1 is 1.15 bits per heavy atom. The van der Waals surface area contributed by atoms with Gasteiger partial charge in [-0.3, -0.25) is 4.79 Å². The minimum atomic E-state index is 0.342. The van der Waals surface area contributed by atoms with Crippen molar-refractivity contribution in [2.24, 2.45) is 23.7 Å². The second-order valence-corrected chi connectivity index (χ2v) is 5.04. The Hall–Kier alpha value is -0.330. The molecule has 2 rings (SSSR count). The highest BCUT2D eigenvalue weighted by Crippen LogP contribution is 2.43. The van der Waals surface area contributed by atoms with Gasteiger partial charge in [-0.05, 0) is 24.7 Å². The number of hydrogen-bond donors (Lipinski definition) is 0. The number of rotatable bonds is 0. The molecule has 1 nitrogen and oxygen atoms in total. The topological polar surface area (TPSA) is 17.1 Å². The standard InChI is InChI=1S/C12H20O/c1-8-7-10-5-3-4-6-11(10)9(2)12(8)13/h8-11H,3-7H2,1-2H3/t8-,9-,10+,11-/m1/s1. The van der Waals surface area contributed by atoms with Gasteiger partial charge >= 0.3 is 0 Å². The minimum absolute atomic E-state index is 0.342. The van der Waals surface area contributed by atoms with E-state index in [0.29, 0.717) is 17.6 Å². The minimum Gasteiger partial charge on any atom is -0.299 e. The van der Waals surface area contributed by atoms with E-state index in [1.807, 2.05) is 0 Å². The summed E-state index contributed by atoms with van der Waals surface area (Å²) in [6.07, 6.45) is 6.62. The molecule has 0 bridgehead atoms. The van der Waals surface area contributed by atoms with Crippen molar-refractivity contribution in [2.75, 3.05) is 0 Å². The molecule has 0 aromatic rings. The van der Waals surface area contributed by atoms with E-state index in [4.69, 9.17) is 0 Å². The number of hydrogen-bond acceptors (Lipinski definition) is 1. The molecule has 2 aliphatic carbocycles. The fourth-order valence-corrected chi connectivity index (χ4v) is 3.42. The van der Waals surface area contributed by atoms with Crippen LogP contribution < -0.4 is 0 Å². The number of carbonyl (C=O) groups excluding carboxylic acids is 1. The summed E-state index contributed by atoms with van der Waals surface area (Å²) in [4.78, 5) is 11.8. The Balaban J connectivity index is 2.12. The maximum absolute atomic E-state index is 11.8. The summed E-state index contributed by atoms with van der Waals surface area (Å²) in [5.41, 5.74) is 0. The molecular formula is C12H20O. The van der Waals surface area contributed by atoms with Crippen LogP contribution in [0.15, 0.2) is 0 Å². The van der Waals surface area contributed by atoms with Gasteiger partial charge in [0.15, 0.2) is 0 Å². The molecule has 0 unspecified atom stereocenters. The molecule has 2 saturated carbocycles. The first kappa shape index (κ1) is 9.23. The lowest BCUT2D eigenvalue weighted by molar-refractivity contribution is -0.133. The van der Waals surface area contributed by atoms with E-state index in [1.54, 1.807) is 0 Å². The van der Waals surface area contributed by atoms with Crippen molar-refractivity contribution in [3.05, 3.63) is 0 Å². The quantitative estimate of drug-likeness (QED) is 0.560. The van der Waals surface area contributed by atoms with Crippen LogP contribution in [-0.2, 0) is 4.79 Å². The molecule has 0 amide bonds. The molecule has 2 aliphatic rings. The second-order valence-electron chi connectivity index (χ2n) is 5.04. The number of fused-ring (bicyclic) bond motifs is 1. The van der Waals surface area contributed by atoms with E-state index in [-0.39, 0.29) is 0 Å². The Kier molecular flexibility index (Phi) is 2.44. The first-order valence-electron chi connectivity index (χ1n) is 5.74. The summed E-state index contributed by atoms with van der Waals surface area (Å²) in [5.74, 6) is 2.83. The highest BCUT2D eigenvalue weighted by atomic mass is 16.1. The Morgan fingerprint density at radius 3 is 2.62 bits per heavy atom. The van der Waals surface area contributed by atoms with E-state index < -0.39 is 0 Å². The average molecular weight is 180 g/mol. The maximum atomic E-state index is 11.8. The van der Waals surface area contributed by atoms with Gasteiger partial charge in [-0.15, -0.1) is 0 Å². The summed E-state index contributed by atoms with van der Waals surface area (Å²) < 4.78 is 0. The van der Waals surface area contributed by atoms with Gasteiger partial charge in [0.1, 0.15) is 5.78 Å². The van der Waals surface area contributed by atoms with Crippen LogP contribution in [-0.4, -0.2) is 5.78 Å². The molecule has 0 aromatic carbocycles. The monoisotopic (exact) mass is 180 g/mol. The highest BCUT2D eigenvalue weighted by Gasteiger charge is 2.40. The zero-order chi connectivity index (χ0) is 9.42. The largest absolute Gasteiger partial charge is 0.299 e. The molecule has 2 fully saturated rings. The summed E-state index contributed by atoms with van der Waals surface area (Å²) in [7, 11) is 0. The SMILES string of the molecule is C[C@@H]1C[C@@H]2CCCC[C@@H]2[C@@H](C)C1=O. The van der Waals surface area contributed by atoms with E-state index in [0.717, 1.165) is 11.8 Å². The van der Waals surface area contributed by atoms with Crippen LogP contribution in [0.5, 0.6) is 0 Å². The molecule has 0 N–H and O–H groups in total. The molecule has 0 radical (unpaired) electrons. The van der Waals surface area contributed by atoms with Crippen LogP contribution >= 0.6 is 0 Å². The summed E-state index contributed by atoms with van der Waals surface area (Å²) in [6, 6.07) is 0. The third-order valence-electron chi connectivity index (χ3n) is 4.20. The lowest BCUT2D eigenvalue weighted by Gasteiger charge is -2.41. The van der Waals surface area contributed by atoms with Crippen molar-refractivity contribution in [1.29, 1.82) is 0 Å². The smallest absolute Gasteiger partial charge is 0.138 e. The van der Waals surface area contributed by atoms with Gasteiger partial charge in [0.25, 0.3) is 0 Å². The van der Waals surface area contributed by atoms with Gasteiger partial charge in [-0.2, -0.15) is 0 Å². The van der Waals surface area contributed by atoms with Crippen LogP contribution in [0.3, 0.4) is 0 Å².